The van der Waals surface area contributed by atoms with Gasteiger partial charge in [-0.3, -0.25) is 4.79 Å². The Morgan fingerprint density at radius 3 is 2.87 bits per heavy atom. The minimum Gasteiger partial charge on any atom is -0.341 e. The van der Waals surface area contributed by atoms with Gasteiger partial charge in [-0.15, -0.1) is 0 Å². The molecule has 88 valence electrons. The molecule has 0 aromatic heterocycles. The molecule has 1 aliphatic heterocycles. The van der Waals surface area contributed by atoms with Crippen molar-refractivity contribution in [3.8, 4) is 0 Å². The maximum atomic E-state index is 12.0. The van der Waals surface area contributed by atoms with E-state index in [2.05, 4.69) is 19.2 Å². The second kappa shape index (κ2) is 6.11. The van der Waals surface area contributed by atoms with Crippen LogP contribution in [0.3, 0.4) is 0 Å². The maximum absolute atomic E-state index is 12.0. The molecule has 1 N–H and O–H groups in total. The molecule has 1 amide bonds. The van der Waals surface area contributed by atoms with Gasteiger partial charge < -0.3 is 10.2 Å². The summed E-state index contributed by atoms with van der Waals surface area (Å²) >= 11 is 0. The fourth-order valence-electron chi connectivity index (χ4n) is 1.85. The molecule has 1 saturated heterocycles. The van der Waals surface area contributed by atoms with E-state index in [9.17, 15) is 4.79 Å². The average Bonchev–Trinajstić information content (AvgIpc) is 2.18. The second-order valence-corrected chi connectivity index (χ2v) is 4.89. The monoisotopic (exact) mass is 212 g/mol. The zero-order chi connectivity index (χ0) is 11.3. The maximum Gasteiger partial charge on any atom is 0.239 e. The number of nitrogens with one attached hydrogen (secondary N) is 1. The Morgan fingerprint density at radius 1 is 1.47 bits per heavy atom. The van der Waals surface area contributed by atoms with Crippen LogP contribution >= 0.6 is 0 Å². The summed E-state index contributed by atoms with van der Waals surface area (Å²) in [6.45, 7) is 9.22. The molecule has 1 aliphatic rings. The van der Waals surface area contributed by atoms with E-state index in [1.807, 2.05) is 11.8 Å². The van der Waals surface area contributed by atoms with Crippen LogP contribution in [0.5, 0.6) is 0 Å². The topological polar surface area (TPSA) is 32.3 Å². The molecule has 0 aromatic rings. The van der Waals surface area contributed by atoms with E-state index >= 15 is 0 Å². The lowest BCUT2D eigenvalue weighted by Gasteiger charge is -2.29. The predicted octanol–water partition coefficient (Wildman–Crippen LogP) is 1.63. The zero-order valence-electron chi connectivity index (χ0n) is 10.3. The van der Waals surface area contributed by atoms with Crippen LogP contribution in [-0.4, -0.2) is 36.5 Å². The van der Waals surface area contributed by atoms with Gasteiger partial charge >= 0.3 is 0 Å². The Balaban J connectivity index is 2.46. The lowest BCUT2D eigenvalue weighted by atomic mass is 10.1. The standard InChI is InChI=1S/C12H24N2O/c1-10(2)6-9-14-8-5-4-7-13-11(3)12(14)15/h10-11,13H,4-9H2,1-3H3. The highest BCUT2D eigenvalue weighted by Crippen LogP contribution is 2.07. The van der Waals surface area contributed by atoms with Crippen molar-refractivity contribution in [1.29, 1.82) is 0 Å². The summed E-state index contributed by atoms with van der Waals surface area (Å²) < 4.78 is 0. The van der Waals surface area contributed by atoms with Crippen molar-refractivity contribution in [3.63, 3.8) is 0 Å². The van der Waals surface area contributed by atoms with Crippen LogP contribution < -0.4 is 5.32 Å². The van der Waals surface area contributed by atoms with Crippen LogP contribution in [0.15, 0.2) is 0 Å². The number of hydrogen-bond acceptors (Lipinski definition) is 2. The third-order valence-electron chi connectivity index (χ3n) is 2.96. The van der Waals surface area contributed by atoms with Gasteiger partial charge in [-0.2, -0.15) is 0 Å². The molecule has 3 heteroatoms. The fourth-order valence-corrected chi connectivity index (χ4v) is 1.85. The number of rotatable bonds is 3. The Labute approximate surface area is 93.2 Å². The average molecular weight is 212 g/mol. The smallest absolute Gasteiger partial charge is 0.239 e. The van der Waals surface area contributed by atoms with Gasteiger partial charge in [-0.1, -0.05) is 13.8 Å². The Bertz CT molecular complexity index is 204. The molecule has 1 atom stereocenters. The van der Waals surface area contributed by atoms with E-state index in [4.69, 9.17) is 0 Å². The van der Waals surface area contributed by atoms with Crippen molar-refractivity contribution in [2.45, 2.75) is 46.1 Å². The molecule has 0 saturated carbocycles. The lowest BCUT2D eigenvalue weighted by Crippen LogP contribution is -2.47. The predicted molar refractivity (Wildman–Crippen MR) is 62.7 cm³/mol. The summed E-state index contributed by atoms with van der Waals surface area (Å²) in [6, 6.07) is -0.00235. The summed E-state index contributed by atoms with van der Waals surface area (Å²) in [6.07, 6.45) is 3.41. The summed E-state index contributed by atoms with van der Waals surface area (Å²) in [5.74, 6) is 0.946. The summed E-state index contributed by atoms with van der Waals surface area (Å²) in [7, 11) is 0. The minimum atomic E-state index is -0.00235. The van der Waals surface area contributed by atoms with Crippen molar-refractivity contribution in [2.75, 3.05) is 19.6 Å². The van der Waals surface area contributed by atoms with Crippen LogP contribution in [0.2, 0.25) is 0 Å². The number of amides is 1. The van der Waals surface area contributed by atoms with Gasteiger partial charge in [-0.25, -0.2) is 0 Å². The molecule has 0 aromatic carbocycles. The van der Waals surface area contributed by atoms with Gasteiger partial charge in [0.2, 0.25) is 5.91 Å². The number of hydrogen-bond donors (Lipinski definition) is 1. The number of carbonyl (C=O) groups excluding carboxylic acids is 1. The van der Waals surface area contributed by atoms with Gasteiger partial charge in [0, 0.05) is 13.1 Å². The second-order valence-electron chi connectivity index (χ2n) is 4.89. The van der Waals surface area contributed by atoms with Crippen molar-refractivity contribution in [2.24, 2.45) is 5.92 Å². The molecular weight excluding hydrogens is 188 g/mol. The van der Waals surface area contributed by atoms with Crippen LogP contribution in [-0.2, 0) is 4.79 Å². The molecule has 0 radical (unpaired) electrons. The molecule has 1 heterocycles. The van der Waals surface area contributed by atoms with Gasteiger partial charge in [-0.05, 0) is 38.6 Å². The van der Waals surface area contributed by atoms with Crippen LogP contribution in [0.1, 0.15) is 40.0 Å². The van der Waals surface area contributed by atoms with E-state index in [-0.39, 0.29) is 11.9 Å². The Kier molecular flexibility index (Phi) is 5.09. The summed E-state index contributed by atoms with van der Waals surface area (Å²) in [5.41, 5.74) is 0. The molecule has 1 rings (SSSR count). The quantitative estimate of drug-likeness (QED) is 0.771. The van der Waals surface area contributed by atoms with Crippen LogP contribution in [0.25, 0.3) is 0 Å². The van der Waals surface area contributed by atoms with Gasteiger partial charge in [0.25, 0.3) is 0 Å². The molecule has 1 fully saturated rings. The van der Waals surface area contributed by atoms with E-state index < -0.39 is 0 Å². The van der Waals surface area contributed by atoms with E-state index in [0.29, 0.717) is 5.92 Å². The van der Waals surface area contributed by atoms with E-state index in [1.165, 1.54) is 6.42 Å². The third kappa shape index (κ3) is 4.20. The normalized spacial score (nSPS) is 24.1. The number of carbonyl (C=O) groups is 1. The third-order valence-corrected chi connectivity index (χ3v) is 2.96. The lowest BCUT2D eigenvalue weighted by molar-refractivity contribution is -0.133. The van der Waals surface area contributed by atoms with Crippen molar-refractivity contribution in [3.05, 3.63) is 0 Å². The SMILES string of the molecule is CC(C)CCN1CCCCNC(C)C1=O. The van der Waals surface area contributed by atoms with Crippen molar-refractivity contribution in [1.82, 2.24) is 10.2 Å². The first-order valence-electron chi connectivity index (χ1n) is 6.13. The van der Waals surface area contributed by atoms with E-state index in [0.717, 1.165) is 32.5 Å². The number of nitrogens with zero attached hydrogens (tertiary/aromatic N) is 1. The van der Waals surface area contributed by atoms with E-state index in [1.54, 1.807) is 0 Å². The molecule has 0 spiro atoms. The fraction of sp³-hybridized carbons (Fsp3) is 0.917. The van der Waals surface area contributed by atoms with Crippen LogP contribution in [0, 0.1) is 5.92 Å². The zero-order valence-corrected chi connectivity index (χ0v) is 10.3. The largest absolute Gasteiger partial charge is 0.341 e. The Hall–Kier alpha value is -0.570. The van der Waals surface area contributed by atoms with Gasteiger partial charge in [0.05, 0.1) is 6.04 Å². The highest BCUT2D eigenvalue weighted by atomic mass is 16.2. The summed E-state index contributed by atoms with van der Waals surface area (Å²) in [4.78, 5) is 14.0. The van der Waals surface area contributed by atoms with Crippen LogP contribution in [0.4, 0.5) is 0 Å². The van der Waals surface area contributed by atoms with Crippen molar-refractivity contribution >= 4 is 5.91 Å². The first-order chi connectivity index (χ1) is 7.11. The molecule has 0 bridgehead atoms. The first kappa shape index (κ1) is 12.5. The molecule has 3 nitrogen and oxygen atoms in total. The molecule has 1 unspecified atom stereocenters. The Morgan fingerprint density at radius 2 is 2.20 bits per heavy atom. The molecule has 15 heavy (non-hydrogen) atoms. The first-order valence-corrected chi connectivity index (χ1v) is 6.13. The summed E-state index contributed by atoms with van der Waals surface area (Å²) in [5, 5.41) is 3.26. The van der Waals surface area contributed by atoms with Gasteiger partial charge in [0.1, 0.15) is 0 Å². The highest BCUT2D eigenvalue weighted by Gasteiger charge is 2.21. The minimum absolute atomic E-state index is 0.00235. The molecular formula is C12H24N2O. The van der Waals surface area contributed by atoms with Gasteiger partial charge in [0.15, 0.2) is 0 Å². The van der Waals surface area contributed by atoms with Crippen molar-refractivity contribution < 1.29 is 4.79 Å². The molecule has 0 aliphatic carbocycles. The highest BCUT2D eigenvalue weighted by molar-refractivity contribution is 5.81.